The fourth-order valence-corrected chi connectivity index (χ4v) is 5.27. The van der Waals surface area contributed by atoms with Crippen molar-refractivity contribution in [3.05, 3.63) is 0 Å². The smallest absolute Gasteiger partial charge is 0.0224 e. The fraction of sp³-hybridized carbons (Fsp3) is 1.00. The van der Waals surface area contributed by atoms with E-state index in [1.54, 1.807) is 0 Å². The van der Waals surface area contributed by atoms with Crippen LogP contribution in [0.3, 0.4) is 0 Å². The molecule has 0 aromatic rings. The summed E-state index contributed by atoms with van der Waals surface area (Å²) < 4.78 is 0. The Kier molecular flexibility index (Phi) is 5.61. The predicted octanol–water partition coefficient (Wildman–Crippen LogP) is 4.20. The second kappa shape index (κ2) is 7.46. The lowest BCUT2D eigenvalue weighted by molar-refractivity contribution is 0.0189. The number of piperazine rings is 1. The molecule has 3 rings (SSSR count). The zero-order valence-corrected chi connectivity index (χ0v) is 14.3. The van der Waals surface area contributed by atoms with Crippen molar-refractivity contribution in [3.63, 3.8) is 0 Å². The molecule has 1 aliphatic heterocycles. The monoisotopic (exact) mass is 292 g/mol. The van der Waals surface area contributed by atoms with Crippen molar-refractivity contribution >= 4 is 0 Å². The largest absolute Gasteiger partial charge is 0.311 e. The molecule has 3 fully saturated rings. The minimum Gasteiger partial charge on any atom is -0.311 e. The van der Waals surface area contributed by atoms with Crippen LogP contribution in [0.2, 0.25) is 0 Å². The minimum absolute atomic E-state index is 0.780. The summed E-state index contributed by atoms with van der Waals surface area (Å²) in [6.07, 6.45) is 14.5. The Morgan fingerprint density at radius 1 is 0.952 bits per heavy atom. The van der Waals surface area contributed by atoms with Gasteiger partial charge in [-0.3, -0.25) is 4.90 Å². The highest BCUT2D eigenvalue weighted by Crippen LogP contribution is 2.34. The zero-order valence-electron chi connectivity index (χ0n) is 14.3. The first-order chi connectivity index (χ1) is 10.3. The van der Waals surface area contributed by atoms with E-state index in [-0.39, 0.29) is 0 Å². The second-order valence-electron chi connectivity index (χ2n) is 8.00. The number of hydrogen-bond donors (Lipinski definition) is 1. The molecule has 0 spiro atoms. The van der Waals surface area contributed by atoms with Gasteiger partial charge >= 0.3 is 0 Å². The summed E-state index contributed by atoms with van der Waals surface area (Å²) in [6, 6.07) is 2.44. The van der Waals surface area contributed by atoms with Crippen LogP contribution < -0.4 is 5.32 Å². The van der Waals surface area contributed by atoms with Crippen molar-refractivity contribution in [2.24, 2.45) is 11.8 Å². The summed E-state index contributed by atoms with van der Waals surface area (Å²) in [6.45, 7) is 7.46. The first-order valence-corrected chi connectivity index (χ1v) is 9.78. The minimum atomic E-state index is 0.780. The highest BCUT2D eigenvalue weighted by Gasteiger charge is 2.37. The van der Waals surface area contributed by atoms with Crippen LogP contribution in [0, 0.1) is 11.8 Å². The van der Waals surface area contributed by atoms with Crippen molar-refractivity contribution in [2.75, 3.05) is 13.1 Å². The molecule has 0 bridgehead atoms. The van der Waals surface area contributed by atoms with Crippen molar-refractivity contribution in [1.29, 1.82) is 0 Å². The Hall–Kier alpha value is -0.0800. The Balaban J connectivity index is 1.66. The van der Waals surface area contributed by atoms with Crippen LogP contribution in [0.5, 0.6) is 0 Å². The Bertz CT molecular complexity index is 311. The Labute approximate surface area is 132 Å². The van der Waals surface area contributed by atoms with Gasteiger partial charge in [0.25, 0.3) is 0 Å². The van der Waals surface area contributed by atoms with Gasteiger partial charge < -0.3 is 5.32 Å². The topological polar surface area (TPSA) is 15.3 Å². The maximum Gasteiger partial charge on any atom is 0.0224 e. The van der Waals surface area contributed by atoms with Crippen LogP contribution in [-0.4, -0.2) is 36.1 Å². The molecule has 21 heavy (non-hydrogen) atoms. The van der Waals surface area contributed by atoms with Gasteiger partial charge in [0, 0.05) is 31.2 Å². The lowest BCUT2D eigenvalue weighted by Crippen LogP contribution is -2.62. The van der Waals surface area contributed by atoms with E-state index in [1.807, 2.05) is 0 Å². The predicted molar refractivity (Wildman–Crippen MR) is 90.6 cm³/mol. The van der Waals surface area contributed by atoms with Gasteiger partial charge in [-0.1, -0.05) is 46.0 Å². The second-order valence-corrected chi connectivity index (χ2v) is 8.00. The average Bonchev–Trinajstić information content (AvgIpc) is 2.55. The molecule has 1 heterocycles. The van der Waals surface area contributed by atoms with Gasteiger partial charge in [0.1, 0.15) is 0 Å². The van der Waals surface area contributed by atoms with E-state index < -0.39 is 0 Å². The molecule has 1 saturated heterocycles. The van der Waals surface area contributed by atoms with Gasteiger partial charge in [0.15, 0.2) is 0 Å². The molecule has 122 valence electrons. The normalized spacial score (nSPS) is 40.3. The van der Waals surface area contributed by atoms with E-state index in [9.17, 15) is 0 Å². The molecule has 2 heteroatoms. The summed E-state index contributed by atoms with van der Waals surface area (Å²) in [7, 11) is 0. The SMILES string of the molecule is CCC1CNC(C2CCCCC2)CN1C1CCCCC1C. The van der Waals surface area contributed by atoms with Crippen molar-refractivity contribution in [1.82, 2.24) is 10.2 Å². The molecule has 0 radical (unpaired) electrons. The molecule has 4 atom stereocenters. The van der Waals surface area contributed by atoms with Crippen molar-refractivity contribution < 1.29 is 0 Å². The van der Waals surface area contributed by atoms with Gasteiger partial charge in [-0.25, -0.2) is 0 Å². The molecule has 2 saturated carbocycles. The molecule has 2 aliphatic carbocycles. The van der Waals surface area contributed by atoms with E-state index in [0.29, 0.717) is 0 Å². The number of nitrogens with zero attached hydrogens (tertiary/aromatic N) is 1. The molecule has 4 unspecified atom stereocenters. The summed E-state index contributed by atoms with van der Waals surface area (Å²) in [4.78, 5) is 2.94. The molecule has 0 amide bonds. The molecule has 1 N–H and O–H groups in total. The lowest BCUT2D eigenvalue weighted by atomic mass is 9.80. The van der Waals surface area contributed by atoms with E-state index in [1.165, 1.54) is 77.3 Å². The van der Waals surface area contributed by atoms with Gasteiger partial charge in [0.05, 0.1) is 0 Å². The summed E-state index contributed by atoms with van der Waals surface area (Å²) >= 11 is 0. The molecule has 3 aliphatic rings. The van der Waals surface area contributed by atoms with Crippen LogP contribution in [-0.2, 0) is 0 Å². The van der Waals surface area contributed by atoms with E-state index in [4.69, 9.17) is 0 Å². The first-order valence-electron chi connectivity index (χ1n) is 9.78. The van der Waals surface area contributed by atoms with Gasteiger partial charge in [-0.2, -0.15) is 0 Å². The van der Waals surface area contributed by atoms with Crippen molar-refractivity contribution in [2.45, 2.75) is 96.2 Å². The average molecular weight is 293 g/mol. The Morgan fingerprint density at radius 2 is 1.67 bits per heavy atom. The highest BCUT2D eigenvalue weighted by atomic mass is 15.3. The third-order valence-corrected chi connectivity index (χ3v) is 6.67. The lowest BCUT2D eigenvalue weighted by Gasteiger charge is -2.49. The van der Waals surface area contributed by atoms with Gasteiger partial charge in [-0.15, -0.1) is 0 Å². The summed E-state index contributed by atoms with van der Waals surface area (Å²) in [5.41, 5.74) is 0. The van der Waals surface area contributed by atoms with Crippen LogP contribution in [0.1, 0.15) is 78.1 Å². The quantitative estimate of drug-likeness (QED) is 0.839. The zero-order chi connectivity index (χ0) is 14.7. The third kappa shape index (κ3) is 3.64. The highest BCUT2D eigenvalue weighted by molar-refractivity contribution is 4.94. The van der Waals surface area contributed by atoms with Crippen LogP contribution in [0.4, 0.5) is 0 Å². The molecule has 0 aromatic carbocycles. The Morgan fingerprint density at radius 3 is 2.38 bits per heavy atom. The van der Waals surface area contributed by atoms with Crippen LogP contribution in [0.25, 0.3) is 0 Å². The van der Waals surface area contributed by atoms with Crippen LogP contribution in [0.15, 0.2) is 0 Å². The number of nitrogens with one attached hydrogen (secondary N) is 1. The molecular weight excluding hydrogens is 256 g/mol. The van der Waals surface area contributed by atoms with E-state index >= 15 is 0 Å². The summed E-state index contributed by atoms with van der Waals surface area (Å²) in [5.74, 6) is 1.87. The third-order valence-electron chi connectivity index (χ3n) is 6.67. The van der Waals surface area contributed by atoms with Crippen molar-refractivity contribution in [3.8, 4) is 0 Å². The maximum absolute atomic E-state index is 3.93. The standard InChI is InChI=1S/C19H36N2/c1-3-17-13-20-18(16-10-5-4-6-11-16)14-21(17)19-12-8-7-9-15(19)2/h15-20H,3-14H2,1-2H3. The van der Waals surface area contributed by atoms with E-state index in [0.717, 1.165) is 30.0 Å². The maximum atomic E-state index is 3.93. The fourth-order valence-electron chi connectivity index (χ4n) is 5.27. The van der Waals surface area contributed by atoms with E-state index in [2.05, 4.69) is 24.1 Å². The molecule has 2 nitrogen and oxygen atoms in total. The number of rotatable bonds is 3. The molecule has 0 aromatic heterocycles. The van der Waals surface area contributed by atoms with Crippen LogP contribution >= 0.6 is 0 Å². The van der Waals surface area contributed by atoms with Gasteiger partial charge in [-0.05, 0) is 43.9 Å². The summed E-state index contributed by atoms with van der Waals surface area (Å²) in [5, 5.41) is 3.93. The number of hydrogen-bond acceptors (Lipinski definition) is 2. The van der Waals surface area contributed by atoms with Gasteiger partial charge in [0.2, 0.25) is 0 Å². The first kappa shape index (κ1) is 15.8. The molecular formula is C19H36N2.